The van der Waals surface area contributed by atoms with Gasteiger partial charge in [0.1, 0.15) is 6.61 Å². The number of aromatic amines is 2. The lowest BCUT2D eigenvalue weighted by Gasteiger charge is -2.03. The van der Waals surface area contributed by atoms with Crippen molar-refractivity contribution in [3.8, 4) is 0 Å². The summed E-state index contributed by atoms with van der Waals surface area (Å²) < 4.78 is 0. The number of aliphatic imine (C=N–C) groups is 1. The lowest BCUT2D eigenvalue weighted by molar-refractivity contribution is -0.137. The molecular weight excluding hydrogens is 548 g/mol. The van der Waals surface area contributed by atoms with Crippen LogP contribution in [0.3, 0.4) is 0 Å². The van der Waals surface area contributed by atoms with Crippen LogP contribution in [0.2, 0.25) is 0 Å². The van der Waals surface area contributed by atoms with Gasteiger partial charge in [0.15, 0.2) is 5.78 Å². The molecule has 1 unspecified atom stereocenters. The first kappa shape index (κ1) is 31.1. The van der Waals surface area contributed by atoms with Gasteiger partial charge in [0, 0.05) is 46.2 Å². The van der Waals surface area contributed by atoms with Gasteiger partial charge in [-0.2, -0.15) is 0 Å². The Morgan fingerprint density at radius 3 is 2.35 bits per heavy atom. The third-order valence-corrected chi connectivity index (χ3v) is 7.92. The Kier molecular flexibility index (Phi) is 9.40. The first-order valence-corrected chi connectivity index (χ1v) is 14.1. The van der Waals surface area contributed by atoms with Crippen molar-refractivity contribution in [3.05, 3.63) is 86.0 Å². The molecule has 0 aromatic carbocycles. The highest BCUT2D eigenvalue weighted by Crippen LogP contribution is 2.25. The highest BCUT2D eigenvalue weighted by molar-refractivity contribution is 6.29. The van der Waals surface area contributed by atoms with E-state index in [2.05, 4.69) is 26.9 Å². The molecule has 2 aromatic rings. The van der Waals surface area contributed by atoms with Gasteiger partial charge < -0.3 is 25.5 Å². The van der Waals surface area contributed by atoms with Gasteiger partial charge in [0.25, 0.3) is 11.8 Å². The second kappa shape index (κ2) is 13.0. The molecule has 5 N–H and O–H groups in total. The maximum absolute atomic E-state index is 12.3. The molecule has 224 valence electrons. The zero-order chi connectivity index (χ0) is 31.4. The van der Waals surface area contributed by atoms with Crippen molar-refractivity contribution in [1.29, 1.82) is 0 Å². The molecule has 1 atom stereocenters. The minimum atomic E-state index is -0.925. The largest absolute Gasteiger partial charge is 0.481 e. The SMILES string of the molecule is C=CC1=CC(=Cc2[nH]c(C=c3[nH]c(=CC4=NC(=O)C(C)C4=CC)c(C)c3CCC(=O)O)c(CCC(=O)CO)c2C)NC1=O. The Morgan fingerprint density at radius 2 is 1.72 bits per heavy atom. The molecule has 10 nitrogen and oxygen atoms in total. The summed E-state index contributed by atoms with van der Waals surface area (Å²) in [6, 6.07) is 0. The van der Waals surface area contributed by atoms with Crippen LogP contribution < -0.4 is 16.0 Å². The number of aliphatic hydroxyl groups is 1. The molecule has 2 amide bonds. The molecule has 43 heavy (non-hydrogen) atoms. The highest BCUT2D eigenvalue weighted by Gasteiger charge is 2.27. The molecule has 0 aliphatic carbocycles. The Bertz CT molecular complexity index is 1780. The number of carbonyl (C=O) groups is 4. The van der Waals surface area contributed by atoms with Gasteiger partial charge in [0.05, 0.1) is 11.6 Å². The summed E-state index contributed by atoms with van der Waals surface area (Å²) in [6.45, 7) is 10.6. The fraction of sp³-hybridized carbons (Fsp3) is 0.303. The Labute approximate surface area is 249 Å². The Balaban J connectivity index is 1.89. The molecule has 2 aliphatic rings. The molecule has 0 bridgehead atoms. The van der Waals surface area contributed by atoms with Crippen molar-refractivity contribution in [3.63, 3.8) is 0 Å². The smallest absolute Gasteiger partial charge is 0.303 e. The van der Waals surface area contributed by atoms with Crippen LogP contribution >= 0.6 is 0 Å². The number of nitrogens with one attached hydrogen (secondary N) is 3. The minimum Gasteiger partial charge on any atom is -0.481 e. The number of H-pyrrole nitrogens is 2. The van der Waals surface area contributed by atoms with Crippen LogP contribution in [-0.4, -0.2) is 56.1 Å². The average molecular weight is 585 g/mol. The van der Waals surface area contributed by atoms with Crippen LogP contribution in [0.4, 0.5) is 0 Å². The number of allylic oxidation sites excluding steroid dienone is 2. The molecule has 0 radical (unpaired) electrons. The number of carboxylic acids is 1. The molecule has 10 heteroatoms. The number of carboxylic acid groups (broad SMARTS) is 1. The van der Waals surface area contributed by atoms with E-state index in [9.17, 15) is 29.4 Å². The number of aromatic nitrogens is 2. The zero-order valence-corrected chi connectivity index (χ0v) is 24.8. The quantitative estimate of drug-likeness (QED) is 0.272. The molecular formula is C33H36N4O6. The molecule has 0 saturated heterocycles. The van der Waals surface area contributed by atoms with E-state index in [1.165, 1.54) is 6.08 Å². The predicted molar refractivity (Wildman–Crippen MR) is 164 cm³/mol. The fourth-order valence-corrected chi connectivity index (χ4v) is 5.40. The van der Waals surface area contributed by atoms with Gasteiger partial charge in [-0.15, -0.1) is 0 Å². The first-order valence-electron chi connectivity index (χ1n) is 14.1. The summed E-state index contributed by atoms with van der Waals surface area (Å²) in [4.78, 5) is 59.0. The number of hydrogen-bond donors (Lipinski definition) is 5. The number of Topliss-reactive ketones (excluding diaryl/α,β-unsaturated/α-hetero) is 1. The molecule has 2 aliphatic heterocycles. The summed E-state index contributed by atoms with van der Waals surface area (Å²) in [6.07, 6.45) is 11.2. The van der Waals surface area contributed by atoms with Crippen LogP contribution in [-0.2, 0) is 32.0 Å². The van der Waals surface area contributed by atoms with Gasteiger partial charge in [-0.1, -0.05) is 18.7 Å². The summed E-state index contributed by atoms with van der Waals surface area (Å²) in [7, 11) is 0. The topological polar surface area (TPSA) is 165 Å². The van der Waals surface area contributed by atoms with Gasteiger partial charge in [-0.25, -0.2) is 4.99 Å². The van der Waals surface area contributed by atoms with Crippen LogP contribution in [0, 0.1) is 19.8 Å². The Hall–Kier alpha value is -4.83. The van der Waals surface area contributed by atoms with E-state index >= 15 is 0 Å². The molecule has 4 heterocycles. The van der Waals surface area contributed by atoms with Crippen molar-refractivity contribution in [2.24, 2.45) is 10.9 Å². The van der Waals surface area contributed by atoms with Crippen molar-refractivity contribution in [2.45, 2.75) is 53.4 Å². The van der Waals surface area contributed by atoms with E-state index in [0.29, 0.717) is 39.8 Å². The first-order chi connectivity index (χ1) is 20.5. The van der Waals surface area contributed by atoms with E-state index in [0.717, 1.165) is 33.5 Å². The number of rotatable bonds is 11. The second-order valence-electron chi connectivity index (χ2n) is 10.6. The number of aliphatic hydroxyl groups excluding tert-OH is 1. The maximum atomic E-state index is 12.3. The number of ketones is 1. The molecule has 0 saturated carbocycles. The monoisotopic (exact) mass is 584 g/mol. The Morgan fingerprint density at radius 1 is 1.00 bits per heavy atom. The number of amides is 2. The van der Waals surface area contributed by atoms with E-state index < -0.39 is 12.6 Å². The van der Waals surface area contributed by atoms with Crippen LogP contribution in [0.5, 0.6) is 0 Å². The lowest BCUT2D eigenvalue weighted by atomic mass is 9.99. The van der Waals surface area contributed by atoms with Gasteiger partial charge >= 0.3 is 5.97 Å². The summed E-state index contributed by atoms with van der Waals surface area (Å²) in [5, 5.41) is 22.9. The lowest BCUT2D eigenvalue weighted by Crippen LogP contribution is -2.15. The van der Waals surface area contributed by atoms with Gasteiger partial charge in [-0.3, -0.25) is 19.2 Å². The molecule has 2 aromatic heterocycles. The van der Waals surface area contributed by atoms with E-state index in [-0.39, 0.29) is 42.8 Å². The minimum absolute atomic E-state index is 0.0772. The third kappa shape index (κ3) is 6.65. The third-order valence-electron chi connectivity index (χ3n) is 7.92. The van der Waals surface area contributed by atoms with Crippen molar-refractivity contribution in [1.82, 2.24) is 15.3 Å². The van der Waals surface area contributed by atoms with E-state index in [1.54, 1.807) is 12.2 Å². The second-order valence-corrected chi connectivity index (χ2v) is 10.6. The number of carbonyl (C=O) groups excluding carboxylic acids is 3. The van der Waals surface area contributed by atoms with E-state index in [4.69, 9.17) is 0 Å². The van der Waals surface area contributed by atoms with Crippen molar-refractivity contribution >= 4 is 47.5 Å². The number of nitrogens with zero attached hydrogens (tertiary/aromatic N) is 1. The average Bonchev–Trinajstić information content (AvgIpc) is 3.65. The predicted octanol–water partition coefficient (Wildman–Crippen LogP) is 2.23. The summed E-state index contributed by atoms with van der Waals surface area (Å²) in [5.74, 6) is -2.00. The zero-order valence-electron chi connectivity index (χ0n) is 24.8. The number of hydrogen-bond acceptors (Lipinski definition) is 5. The van der Waals surface area contributed by atoms with Crippen molar-refractivity contribution < 1.29 is 29.4 Å². The highest BCUT2D eigenvalue weighted by atomic mass is 16.4. The standard InChI is InChI=1S/C33H36N4O6/c1-6-20-12-21(34-33(20)43)13-26-17(3)24(9-8-22(39)16-38)29(35-26)15-30-25(10-11-31(40)41)18(4)27(36-30)14-28-23(7-2)19(5)32(42)37-28/h6-7,12-15,19,35-36,38H,1,8-11,16H2,2-5H3,(H,34,43)(H,40,41). The van der Waals surface area contributed by atoms with Crippen molar-refractivity contribution in [2.75, 3.05) is 6.61 Å². The fourth-order valence-electron chi connectivity index (χ4n) is 5.40. The molecule has 0 spiro atoms. The summed E-state index contributed by atoms with van der Waals surface area (Å²) >= 11 is 0. The van der Waals surface area contributed by atoms with Crippen LogP contribution in [0.25, 0.3) is 18.2 Å². The van der Waals surface area contributed by atoms with Gasteiger partial charge in [0.2, 0.25) is 0 Å². The molecule has 4 rings (SSSR count). The van der Waals surface area contributed by atoms with E-state index in [1.807, 2.05) is 45.9 Å². The number of aliphatic carboxylic acids is 1. The normalized spacial score (nSPS) is 19.4. The van der Waals surface area contributed by atoms with Crippen LogP contribution in [0.15, 0.2) is 46.6 Å². The molecule has 0 fully saturated rings. The van der Waals surface area contributed by atoms with Gasteiger partial charge in [-0.05, 0) is 92.7 Å². The maximum Gasteiger partial charge on any atom is 0.303 e. The van der Waals surface area contributed by atoms with Crippen LogP contribution in [0.1, 0.15) is 60.3 Å². The summed E-state index contributed by atoms with van der Waals surface area (Å²) in [5.41, 5.74) is 7.23.